The van der Waals surface area contributed by atoms with Gasteiger partial charge in [0, 0.05) is 61.7 Å². The van der Waals surface area contributed by atoms with Gasteiger partial charge in [0.2, 0.25) is 0 Å². The highest BCUT2D eigenvalue weighted by atomic mass is 16.3. The molecule has 0 N–H and O–H groups in total. The first-order valence-electron chi connectivity index (χ1n) is 17.8. The van der Waals surface area contributed by atoms with E-state index in [0.29, 0.717) is 0 Å². The van der Waals surface area contributed by atoms with E-state index in [1.165, 1.54) is 38.8 Å². The molecule has 6 aromatic carbocycles. The van der Waals surface area contributed by atoms with Crippen LogP contribution in [0, 0.1) is 0 Å². The summed E-state index contributed by atoms with van der Waals surface area (Å²) in [5, 5.41) is 4.56. The van der Waals surface area contributed by atoms with Crippen molar-refractivity contribution in [3.63, 3.8) is 0 Å². The maximum absolute atomic E-state index is 6.85. The Morgan fingerprint density at radius 3 is 1.78 bits per heavy atom. The molecule has 2 heterocycles. The molecule has 0 aliphatic heterocycles. The van der Waals surface area contributed by atoms with Gasteiger partial charge in [-0.15, -0.1) is 0 Å². The standard InChI is InChI=1S/C47H43NO2/c1-45(2,3)28-23-37-36-22-19-31(27-43(36)50-44(37)40(24-28)46(4,5)6)48(30-18-21-35-34-14-10-12-16-41(34)49-42(35)26-30)29-17-20-33-32-13-9-11-15-38(32)47(7,8)39(33)25-29/h9-27H,1-8H3. The predicted molar refractivity (Wildman–Crippen MR) is 211 cm³/mol. The summed E-state index contributed by atoms with van der Waals surface area (Å²) in [6.45, 7) is 18.4. The van der Waals surface area contributed by atoms with Crippen LogP contribution in [0.15, 0.2) is 124 Å². The van der Waals surface area contributed by atoms with Gasteiger partial charge in [-0.2, -0.15) is 0 Å². The summed E-state index contributed by atoms with van der Waals surface area (Å²) in [7, 11) is 0. The Kier molecular flexibility index (Phi) is 6.38. The van der Waals surface area contributed by atoms with Crippen LogP contribution in [-0.2, 0) is 16.2 Å². The van der Waals surface area contributed by atoms with E-state index in [9.17, 15) is 0 Å². The van der Waals surface area contributed by atoms with Crippen molar-refractivity contribution < 1.29 is 8.83 Å². The molecule has 50 heavy (non-hydrogen) atoms. The van der Waals surface area contributed by atoms with Crippen LogP contribution in [0.3, 0.4) is 0 Å². The molecule has 3 nitrogen and oxygen atoms in total. The zero-order valence-corrected chi connectivity index (χ0v) is 30.2. The number of hydrogen-bond donors (Lipinski definition) is 0. The highest BCUT2D eigenvalue weighted by Gasteiger charge is 2.36. The SMILES string of the molecule is CC(C)(C)c1cc(C(C)(C)C)c2oc3cc(N(c4ccc5c(c4)C(C)(C)c4ccccc4-5)c4ccc5c(c4)oc4ccccc45)ccc3c2c1. The molecule has 0 spiro atoms. The van der Waals surface area contributed by atoms with E-state index in [2.05, 4.69) is 163 Å². The third kappa shape index (κ3) is 4.56. The van der Waals surface area contributed by atoms with Crippen molar-refractivity contribution in [2.45, 2.75) is 71.6 Å². The number of nitrogens with zero attached hydrogens (tertiary/aromatic N) is 1. The lowest BCUT2D eigenvalue weighted by molar-refractivity contribution is 0.559. The third-order valence-corrected chi connectivity index (χ3v) is 10.9. The summed E-state index contributed by atoms with van der Waals surface area (Å²) < 4.78 is 13.3. The van der Waals surface area contributed by atoms with Gasteiger partial charge in [0.1, 0.15) is 22.3 Å². The fourth-order valence-electron chi connectivity index (χ4n) is 8.13. The summed E-state index contributed by atoms with van der Waals surface area (Å²) >= 11 is 0. The van der Waals surface area contributed by atoms with Crippen LogP contribution in [-0.4, -0.2) is 0 Å². The van der Waals surface area contributed by atoms with E-state index >= 15 is 0 Å². The molecule has 0 saturated heterocycles. The van der Waals surface area contributed by atoms with Crippen LogP contribution >= 0.6 is 0 Å². The highest BCUT2D eigenvalue weighted by molar-refractivity contribution is 6.09. The van der Waals surface area contributed by atoms with Crippen molar-refractivity contribution in [1.82, 2.24) is 0 Å². The molecule has 2 aromatic heterocycles. The van der Waals surface area contributed by atoms with E-state index in [4.69, 9.17) is 8.83 Å². The molecule has 0 amide bonds. The Bertz CT molecular complexity index is 2650. The molecular formula is C47H43NO2. The summed E-state index contributed by atoms with van der Waals surface area (Å²) in [5.74, 6) is 0. The van der Waals surface area contributed by atoms with E-state index in [-0.39, 0.29) is 16.2 Å². The Morgan fingerprint density at radius 1 is 0.480 bits per heavy atom. The van der Waals surface area contributed by atoms with E-state index in [1.807, 2.05) is 12.1 Å². The molecule has 0 bridgehead atoms. The van der Waals surface area contributed by atoms with Gasteiger partial charge in [-0.25, -0.2) is 0 Å². The summed E-state index contributed by atoms with van der Waals surface area (Å²) in [5.41, 5.74) is 14.5. The molecule has 0 saturated carbocycles. The molecule has 0 fully saturated rings. The molecule has 1 aliphatic rings. The van der Waals surface area contributed by atoms with Crippen LogP contribution in [0.4, 0.5) is 17.1 Å². The van der Waals surface area contributed by atoms with Gasteiger partial charge in [0.05, 0.1) is 0 Å². The third-order valence-electron chi connectivity index (χ3n) is 10.9. The molecule has 248 valence electrons. The smallest absolute Gasteiger partial charge is 0.139 e. The lowest BCUT2D eigenvalue weighted by Crippen LogP contribution is -2.16. The Labute approximate surface area is 294 Å². The fraction of sp³-hybridized carbons (Fsp3) is 0.234. The quantitative estimate of drug-likeness (QED) is 0.190. The number of benzene rings is 6. The molecule has 9 rings (SSSR count). The molecule has 0 radical (unpaired) electrons. The van der Waals surface area contributed by atoms with Gasteiger partial charge in [-0.3, -0.25) is 0 Å². The van der Waals surface area contributed by atoms with Crippen LogP contribution in [0.1, 0.15) is 77.6 Å². The lowest BCUT2D eigenvalue weighted by atomic mass is 9.79. The lowest BCUT2D eigenvalue weighted by Gasteiger charge is -2.28. The van der Waals surface area contributed by atoms with E-state index < -0.39 is 0 Å². The van der Waals surface area contributed by atoms with E-state index in [0.717, 1.165) is 55.6 Å². The monoisotopic (exact) mass is 653 g/mol. The highest BCUT2D eigenvalue weighted by Crippen LogP contribution is 2.51. The number of para-hydroxylation sites is 1. The van der Waals surface area contributed by atoms with Gasteiger partial charge in [0.25, 0.3) is 0 Å². The molecule has 0 unspecified atom stereocenters. The second-order valence-electron chi connectivity index (χ2n) is 16.7. The first-order chi connectivity index (χ1) is 23.8. The Balaban J connectivity index is 1.27. The maximum atomic E-state index is 6.85. The normalized spacial score (nSPS) is 14.2. The minimum Gasteiger partial charge on any atom is -0.456 e. The average Bonchev–Trinajstić information content (AvgIpc) is 3.71. The minimum atomic E-state index is -0.118. The van der Waals surface area contributed by atoms with Gasteiger partial charge < -0.3 is 13.7 Å². The zero-order chi connectivity index (χ0) is 34.7. The van der Waals surface area contributed by atoms with E-state index in [1.54, 1.807) is 0 Å². The Morgan fingerprint density at radius 2 is 1.06 bits per heavy atom. The average molecular weight is 654 g/mol. The van der Waals surface area contributed by atoms with Crippen molar-refractivity contribution in [2.75, 3.05) is 4.90 Å². The number of hydrogen-bond acceptors (Lipinski definition) is 3. The van der Waals surface area contributed by atoms with Gasteiger partial charge >= 0.3 is 0 Å². The molecular weight excluding hydrogens is 611 g/mol. The Hall–Kier alpha value is -5.28. The van der Waals surface area contributed by atoms with Crippen LogP contribution in [0.25, 0.3) is 55.0 Å². The molecule has 3 heteroatoms. The van der Waals surface area contributed by atoms with Crippen LogP contribution in [0.5, 0.6) is 0 Å². The van der Waals surface area contributed by atoms with Crippen LogP contribution < -0.4 is 4.90 Å². The number of rotatable bonds is 3. The topological polar surface area (TPSA) is 29.5 Å². The number of furan rings is 2. The van der Waals surface area contributed by atoms with Gasteiger partial charge in [-0.05, 0) is 87.2 Å². The molecule has 8 aromatic rings. The van der Waals surface area contributed by atoms with Crippen molar-refractivity contribution in [3.05, 3.63) is 138 Å². The van der Waals surface area contributed by atoms with Crippen molar-refractivity contribution in [2.24, 2.45) is 0 Å². The zero-order valence-electron chi connectivity index (χ0n) is 30.2. The number of anilines is 3. The maximum Gasteiger partial charge on any atom is 0.139 e. The largest absolute Gasteiger partial charge is 0.456 e. The summed E-state index contributed by atoms with van der Waals surface area (Å²) in [4.78, 5) is 2.35. The fourth-order valence-corrected chi connectivity index (χ4v) is 8.13. The van der Waals surface area contributed by atoms with Gasteiger partial charge in [-0.1, -0.05) is 110 Å². The van der Waals surface area contributed by atoms with Crippen molar-refractivity contribution in [3.8, 4) is 11.1 Å². The first-order valence-corrected chi connectivity index (χ1v) is 17.8. The molecule has 1 aliphatic carbocycles. The second kappa shape index (κ2) is 10.4. The summed E-state index contributed by atoms with van der Waals surface area (Å²) in [6.07, 6.45) is 0. The van der Waals surface area contributed by atoms with Crippen molar-refractivity contribution in [1.29, 1.82) is 0 Å². The van der Waals surface area contributed by atoms with Gasteiger partial charge in [0.15, 0.2) is 0 Å². The molecule has 0 atom stereocenters. The minimum absolute atomic E-state index is 0.0187. The van der Waals surface area contributed by atoms with Crippen molar-refractivity contribution >= 4 is 60.9 Å². The second-order valence-corrected chi connectivity index (χ2v) is 16.7. The predicted octanol–water partition coefficient (Wildman–Crippen LogP) is 13.9. The van der Waals surface area contributed by atoms with Crippen LogP contribution in [0.2, 0.25) is 0 Å². The summed E-state index contributed by atoms with van der Waals surface area (Å²) in [6, 6.07) is 42.0. The number of fused-ring (bicyclic) bond motifs is 9. The first kappa shape index (κ1) is 30.8.